The number of carbonyl (C=O) groups excluding carboxylic acids is 1. The summed E-state index contributed by atoms with van der Waals surface area (Å²) >= 11 is 13.4. The standard InChI is InChI=1S/C32H39Cl2N7O4/c1-32(2,37-4)16-21(17-35)29(42)40-12-9-19(10-13-40)8-7-11-41-28-20(18-38-31(36-3)39-28)14-22(30(41)43)25-26(33)23(44-5)15-24(45-6)27(25)34/h14-16,18-19,37H,7-13H2,1-6H3,(H,36,38,39). The van der Waals surface area contributed by atoms with Gasteiger partial charge >= 0.3 is 0 Å². The van der Waals surface area contributed by atoms with Gasteiger partial charge in [-0.15, -0.1) is 0 Å². The third-order valence-electron chi connectivity index (χ3n) is 8.29. The van der Waals surface area contributed by atoms with Crippen molar-refractivity contribution in [2.24, 2.45) is 5.92 Å². The number of carbonyl (C=O) groups is 1. The Morgan fingerprint density at radius 2 is 1.80 bits per heavy atom. The molecule has 11 nitrogen and oxygen atoms in total. The van der Waals surface area contributed by atoms with Crippen LogP contribution in [0.4, 0.5) is 5.95 Å². The molecule has 0 bridgehead atoms. The molecule has 13 heteroatoms. The highest BCUT2D eigenvalue weighted by Gasteiger charge is 2.27. The molecule has 1 fully saturated rings. The van der Waals surface area contributed by atoms with Crippen LogP contribution in [0.3, 0.4) is 0 Å². The lowest BCUT2D eigenvalue weighted by atomic mass is 9.91. The Kier molecular flexibility index (Phi) is 11.0. The molecule has 1 aromatic carbocycles. The molecule has 0 spiro atoms. The van der Waals surface area contributed by atoms with Crippen LogP contribution in [0.15, 0.2) is 34.8 Å². The maximum atomic E-state index is 14.1. The van der Waals surface area contributed by atoms with E-state index in [0.29, 0.717) is 66.0 Å². The Morgan fingerprint density at radius 3 is 2.36 bits per heavy atom. The van der Waals surface area contributed by atoms with Gasteiger partial charge in [0.05, 0.1) is 29.8 Å². The van der Waals surface area contributed by atoms with Crippen LogP contribution in [0.1, 0.15) is 39.5 Å². The molecule has 45 heavy (non-hydrogen) atoms. The number of methoxy groups -OCH3 is 2. The number of likely N-dealkylation sites (tertiary alicyclic amines) is 1. The van der Waals surface area contributed by atoms with E-state index in [0.717, 1.165) is 19.3 Å². The second-order valence-corrected chi connectivity index (χ2v) is 12.3. The first kappa shape index (κ1) is 34.0. The number of hydrogen-bond acceptors (Lipinski definition) is 9. The van der Waals surface area contributed by atoms with Crippen molar-refractivity contribution in [2.75, 3.05) is 46.7 Å². The molecule has 1 saturated heterocycles. The maximum Gasteiger partial charge on any atom is 0.264 e. The average Bonchev–Trinajstić information content (AvgIpc) is 3.05. The first-order chi connectivity index (χ1) is 21.5. The third kappa shape index (κ3) is 7.35. The van der Waals surface area contributed by atoms with E-state index < -0.39 is 5.54 Å². The highest BCUT2D eigenvalue weighted by atomic mass is 35.5. The fraction of sp³-hybridized carbons (Fsp3) is 0.469. The van der Waals surface area contributed by atoms with Crippen molar-refractivity contribution in [1.82, 2.24) is 24.8 Å². The predicted molar refractivity (Wildman–Crippen MR) is 177 cm³/mol. The number of rotatable bonds is 11. The van der Waals surface area contributed by atoms with E-state index in [1.54, 1.807) is 48.0 Å². The maximum absolute atomic E-state index is 14.1. The number of ether oxygens (including phenoxy) is 2. The van der Waals surface area contributed by atoms with Gasteiger partial charge in [0.25, 0.3) is 11.5 Å². The normalized spacial score (nSPS) is 14.4. The zero-order valence-corrected chi connectivity index (χ0v) is 28.0. The number of aryl methyl sites for hydroxylation is 1. The van der Waals surface area contributed by atoms with Crippen LogP contribution >= 0.6 is 23.2 Å². The molecule has 0 saturated carbocycles. The van der Waals surface area contributed by atoms with Crippen molar-refractivity contribution in [3.8, 4) is 28.7 Å². The number of anilines is 1. The van der Waals surface area contributed by atoms with Crippen LogP contribution in [-0.2, 0) is 11.3 Å². The smallest absolute Gasteiger partial charge is 0.264 e. The average molecular weight is 657 g/mol. The number of amides is 1. The summed E-state index contributed by atoms with van der Waals surface area (Å²) in [4.78, 5) is 37.8. The Balaban J connectivity index is 1.57. The van der Waals surface area contributed by atoms with Crippen LogP contribution in [0.5, 0.6) is 11.5 Å². The van der Waals surface area contributed by atoms with Crippen molar-refractivity contribution in [1.29, 1.82) is 5.26 Å². The van der Waals surface area contributed by atoms with Gasteiger partial charge in [0.15, 0.2) is 0 Å². The summed E-state index contributed by atoms with van der Waals surface area (Å²) in [7, 11) is 6.47. The molecule has 0 unspecified atom stereocenters. The molecule has 0 radical (unpaired) electrons. The Bertz CT molecular complexity index is 1680. The number of pyridine rings is 1. The monoisotopic (exact) mass is 655 g/mol. The lowest BCUT2D eigenvalue weighted by Gasteiger charge is -2.32. The summed E-state index contributed by atoms with van der Waals surface area (Å²) in [5.41, 5.74) is 0.468. The molecule has 1 aliphatic heterocycles. The van der Waals surface area contributed by atoms with Crippen LogP contribution in [-0.4, -0.2) is 72.3 Å². The minimum absolute atomic E-state index is 0.149. The summed E-state index contributed by atoms with van der Waals surface area (Å²) in [6.45, 7) is 5.38. The molecule has 0 aliphatic carbocycles. The highest BCUT2D eigenvalue weighted by molar-refractivity contribution is 6.41. The first-order valence-electron chi connectivity index (χ1n) is 14.8. The molecule has 3 aromatic rings. The minimum Gasteiger partial charge on any atom is -0.495 e. The Hall–Kier alpha value is -3.85. The van der Waals surface area contributed by atoms with Crippen molar-refractivity contribution in [2.45, 2.75) is 51.6 Å². The quantitative estimate of drug-likeness (QED) is 0.209. The summed E-state index contributed by atoms with van der Waals surface area (Å²) in [5, 5.41) is 16.7. The first-order valence-corrected chi connectivity index (χ1v) is 15.5. The molecule has 2 N–H and O–H groups in total. The van der Waals surface area contributed by atoms with Gasteiger partial charge in [-0.1, -0.05) is 23.2 Å². The summed E-state index contributed by atoms with van der Waals surface area (Å²) < 4.78 is 12.5. The molecule has 0 atom stereocenters. The number of piperidine rings is 1. The lowest BCUT2D eigenvalue weighted by molar-refractivity contribution is -0.128. The van der Waals surface area contributed by atoms with Crippen molar-refractivity contribution >= 4 is 46.1 Å². The van der Waals surface area contributed by atoms with Gasteiger partial charge in [-0.05, 0) is 64.6 Å². The van der Waals surface area contributed by atoms with Gasteiger partial charge in [-0.3, -0.25) is 14.2 Å². The summed E-state index contributed by atoms with van der Waals surface area (Å²) in [6.07, 6.45) is 6.53. The number of nitrogens with zero attached hydrogens (tertiary/aromatic N) is 5. The van der Waals surface area contributed by atoms with Gasteiger partial charge in [-0.2, -0.15) is 10.2 Å². The van der Waals surface area contributed by atoms with Crippen molar-refractivity contribution < 1.29 is 14.3 Å². The second kappa shape index (κ2) is 14.5. The largest absolute Gasteiger partial charge is 0.495 e. The van der Waals surface area contributed by atoms with Crippen LogP contribution in [0.25, 0.3) is 22.2 Å². The van der Waals surface area contributed by atoms with E-state index in [4.69, 9.17) is 32.7 Å². The fourth-order valence-electron chi connectivity index (χ4n) is 5.50. The molecular formula is C32H39Cl2N7O4. The van der Waals surface area contributed by atoms with Gasteiger partial charge in [0.2, 0.25) is 5.95 Å². The van der Waals surface area contributed by atoms with Gasteiger partial charge in [0, 0.05) is 55.4 Å². The Labute approximate surface area is 273 Å². The number of hydrogen-bond donors (Lipinski definition) is 2. The van der Waals surface area contributed by atoms with Crippen molar-refractivity contribution in [3.63, 3.8) is 0 Å². The van der Waals surface area contributed by atoms with E-state index >= 15 is 0 Å². The minimum atomic E-state index is -0.465. The molecule has 2 aromatic heterocycles. The predicted octanol–water partition coefficient (Wildman–Crippen LogP) is 5.29. The van der Waals surface area contributed by atoms with E-state index in [2.05, 4.69) is 26.7 Å². The van der Waals surface area contributed by atoms with Crippen LogP contribution in [0, 0.1) is 17.2 Å². The molecule has 240 valence electrons. The van der Waals surface area contributed by atoms with E-state index in [1.165, 1.54) is 14.2 Å². The van der Waals surface area contributed by atoms with E-state index in [-0.39, 0.29) is 32.6 Å². The number of halogens is 2. The van der Waals surface area contributed by atoms with Gasteiger partial charge in [-0.25, -0.2) is 4.98 Å². The zero-order chi connectivity index (χ0) is 32.9. The molecular weight excluding hydrogens is 617 g/mol. The van der Waals surface area contributed by atoms with Gasteiger partial charge in [0.1, 0.15) is 28.8 Å². The fourth-order valence-corrected chi connectivity index (χ4v) is 6.20. The number of aromatic nitrogens is 3. The van der Waals surface area contributed by atoms with Crippen molar-refractivity contribution in [3.05, 3.63) is 50.4 Å². The molecule has 4 rings (SSSR count). The number of nitriles is 1. The topological polar surface area (TPSA) is 134 Å². The third-order valence-corrected chi connectivity index (χ3v) is 9.04. The van der Waals surface area contributed by atoms with E-state index in [1.807, 2.05) is 13.8 Å². The van der Waals surface area contributed by atoms with E-state index in [9.17, 15) is 14.9 Å². The van der Waals surface area contributed by atoms with Gasteiger partial charge < -0.3 is 25.0 Å². The number of nitrogens with one attached hydrogen (secondary N) is 2. The second-order valence-electron chi connectivity index (χ2n) is 11.5. The number of likely N-dealkylation sites (N-methyl/N-ethyl adjacent to an activating group) is 1. The summed E-state index contributed by atoms with van der Waals surface area (Å²) in [5.74, 6) is 1.18. The molecule has 3 heterocycles. The highest BCUT2D eigenvalue weighted by Crippen LogP contribution is 2.45. The SMILES string of the molecule is CNc1ncc2cc(-c3c(Cl)c(OC)cc(OC)c3Cl)c(=O)n(CCCC3CCN(C(=O)C(C#N)=CC(C)(C)NC)CC3)c2n1. The summed E-state index contributed by atoms with van der Waals surface area (Å²) in [6, 6.07) is 5.34. The molecule has 1 amide bonds. The Morgan fingerprint density at radius 1 is 1.16 bits per heavy atom. The number of fused-ring (bicyclic) bond motifs is 1. The van der Waals surface area contributed by atoms with Crippen LogP contribution < -0.4 is 25.7 Å². The molecule has 1 aliphatic rings. The zero-order valence-electron chi connectivity index (χ0n) is 26.5. The van der Waals surface area contributed by atoms with Crippen LogP contribution in [0.2, 0.25) is 10.0 Å². The lowest BCUT2D eigenvalue weighted by Crippen LogP contribution is -2.40. The number of benzene rings is 1.